The third kappa shape index (κ3) is 7.61. The lowest BCUT2D eigenvalue weighted by Gasteiger charge is -2.18. The Morgan fingerprint density at radius 2 is 1.43 bits per heavy atom. The fourth-order valence-electron chi connectivity index (χ4n) is 4.33. The maximum absolute atomic E-state index is 12.4. The molecule has 1 aliphatic heterocycles. The lowest BCUT2D eigenvalue weighted by Crippen LogP contribution is -2.30. The minimum atomic E-state index is -0.582. The summed E-state index contributed by atoms with van der Waals surface area (Å²) in [5.41, 5.74) is 4.20. The number of amides is 2. The molecular weight excluding hydrogens is 466 g/mol. The molecule has 2 amide bonds. The number of nitrogens with one attached hydrogen (secondary N) is 1. The van der Waals surface area contributed by atoms with Crippen LogP contribution in [-0.4, -0.2) is 48.2 Å². The highest BCUT2D eigenvalue weighted by Crippen LogP contribution is 2.27. The molecule has 7 nitrogen and oxygen atoms in total. The number of carbonyl (C=O) groups is 3. The maximum atomic E-state index is 12.4. The van der Waals surface area contributed by atoms with Gasteiger partial charge in [0, 0.05) is 25.3 Å². The van der Waals surface area contributed by atoms with Crippen LogP contribution in [-0.2, 0) is 19.1 Å². The molecule has 0 radical (unpaired) electrons. The number of rotatable bonds is 11. The van der Waals surface area contributed by atoms with E-state index in [2.05, 4.69) is 34.7 Å². The Bertz CT molecular complexity index is 1170. The number of ether oxygens (including phenoxy) is 1. The van der Waals surface area contributed by atoms with Gasteiger partial charge in [-0.1, -0.05) is 91.0 Å². The number of hydrazone groups is 1. The van der Waals surface area contributed by atoms with Crippen molar-refractivity contribution in [2.45, 2.75) is 31.6 Å². The summed E-state index contributed by atoms with van der Waals surface area (Å²) in [4.78, 5) is 36.8. The molecule has 0 spiro atoms. The Morgan fingerprint density at radius 3 is 2.05 bits per heavy atom. The molecule has 4 rings (SSSR count). The molecule has 1 N–H and O–H groups in total. The van der Waals surface area contributed by atoms with Gasteiger partial charge in [-0.2, -0.15) is 5.10 Å². The molecule has 190 valence electrons. The molecular formula is C30H31N3O4. The van der Waals surface area contributed by atoms with E-state index < -0.39 is 5.97 Å². The second-order valence-electron chi connectivity index (χ2n) is 8.85. The van der Waals surface area contributed by atoms with Gasteiger partial charge < -0.3 is 10.1 Å². The normalized spacial score (nSPS) is 12.8. The number of benzene rings is 3. The number of nitrogens with zero attached hydrogens (tertiary/aromatic N) is 2. The monoisotopic (exact) mass is 497 g/mol. The second kappa shape index (κ2) is 13.2. The minimum Gasteiger partial charge on any atom is -0.456 e. The Kier molecular flexibility index (Phi) is 9.18. The fraction of sp³-hybridized carbons (Fsp3) is 0.267. The van der Waals surface area contributed by atoms with Crippen LogP contribution in [0.25, 0.3) is 0 Å². The van der Waals surface area contributed by atoms with Crippen LogP contribution >= 0.6 is 0 Å². The van der Waals surface area contributed by atoms with Crippen molar-refractivity contribution >= 4 is 23.5 Å². The first-order valence-electron chi connectivity index (χ1n) is 12.6. The molecule has 3 aromatic rings. The van der Waals surface area contributed by atoms with E-state index in [1.807, 2.05) is 66.7 Å². The lowest BCUT2D eigenvalue weighted by atomic mass is 9.88. The standard InChI is InChI=1S/C30H31N3O4/c34-28(31-20-18-26(23-10-4-1-5-11-23)24-12-6-2-7-13-24)22-37-30(36)17-16-29(35)33-21-19-27(32-33)25-14-8-3-9-15-25/h1-15,26H,16-22H2,(H,31,34). The first-order chi connectivity index (χ1) is 18.1. The van der Waals surface area contributed by atoms with Crippen LogP contribution in [0.2, 0.25) is 0 Å². The molecule has 37 heavy (non-hydrogen) atoms. The Labute approximate surface area is 217 Å². The van der Waals surface area contributed by atoms with E-state index in [-0.39, 0.29) is 37.2 Å². The average molecular weight is 498 g/mol. The molecule has 1 heterocycles. The zero-order valence-corrected chi connectivity index (χ0v) is 20.7. The van der Waals surface area contributed by atoms with E-state index in [0.717, 1.165) is 11.3 Å². The molecule has 0 aromatic heterocycles. The van der Waals surface area contributed by atoms with E-state index >= 15 is 0 Å². The van der Waals surface area contributed by atoms with Gasteiger partial charge in [0.15, 0.2) is 6.61 Å². The lowest BCUT2D eigenvalue weighted by molar-refractivity contribution is -0.149. The molecule has 0 aliphatic carbocycles. The zero-order valence-electron chi connectivity index (χ0n) is 20.7. The molecule has 0 fully saturated rings. The molecule has 1 aliphatic rings. The van der Waals surface area contributed by atoms with E-state index in [1.165, 1.54) is 16.1 Å². The summed E-state index contributed by atoms with van der Waals surface area (Å²) in [6.45, 7) is 0.571. The van der Waals surface area contributed by atoms with Gasteiger partial charge in [-0.3, -0.25) is 14.4 Å². The van der Waals surface area contributed by atoms with Gasteiger partial charge in [-0.25, -0.2) is 5.01 Å². The molecule has 0 unspecified atom stereocenters. The van der Waals surface area contributed by atoms with Crippen molar-refractivity contribution in [1.82, 2.24) is 10.3 Å². The highest BCUT2D eigenvalue weighted by atomic mass is 16.5. The Morgan fingerprint density at radius 1 is 0.838 bits per heavy atom. The number of hydrogen-bond donors (Lipinski definition) is 1. The van der Waals surface area contributed by atoms with Crippen LogP contribution < -0.4 is 5.32 Å². The van der Waals surface area contributed by atoms with Crippen LogP contribution in [0.5, 0.6) is 0 Å². The Balaban J connectivity index is 1.17. The van der Waals surface area contributed by atoms with Crippen LogP contribution in [0.3, 0.4) is 0 Å². The fourth-order valence-corrected chi connectivity index (χ4v) is 4.33. The summed E-state index contributed by atoms with van der Waals surface area (Å²) in [5.74, 6) is -1.04. The molecule has 0 saturated heterocycles. The van der Waals surface area contributed by atoms with Gasteiger partial charge in [0.05, 0.1) is 18.7 Å². The summed E-state index contributed by atoms with van der Waals surface area (Å²) in [7, 11) is 0. The molecule has 0 bridgehead atoms. The van der Waals surface area contributed by atoms with Gasteiger partial charge >= 0.3 is 5.97 Å². The quantitative estimate of drug-likeness (QED) is 0.401. The van der Waals surface area contributed by atoms with E-state index in [1.54, 1.807) is 0 Å². The van der Waals surface area contributed by atoms with Gasteiger partial charge in [0.25, 0.3) is 5.91 Å². The maximum Gasteiger partial charge on any atom is 0.306 e. The predicted molar refractivity (Wildman–Crippen MR) is 142 cm³/mol. The second-order valence-corrected chi connectivity index (χ2v) is 8.85. The largest absolute Gasteiger partial charge is 0.456 e. The minimum absolute atomic E-state index is 0.0121. The third-order valence-corrected chi connectivity index (χ3v) is 6.26. The predicted octanol–water partition coefficient (Wildman–Crippen LogP) is 4.28. The van der Waals surface area contributed by atoms with Crippen LogP contribution in [0.4, 0.5) is 0 Å². The van der Waals surface area contributed by atoms with E-state index in [0.29, 0.717) is 25.9 Å². The summed E-state index contributed by atoms with van der Waals surface area (Å²) < 4.78 is 5.08. The summed E-state index contributed by atoms with van der Waals surface area (Å²) in [6, 6.07) is 30.0. The van der Waals surface area contributed by atoms with Gasteiger partial charge in [-0.05, 0) is 23.1 Å². The number of carbonyl (C=O) groups excluding carboxylic acids is 3. The van der Waals surface area contributed by atoms with Crippen molar-refractivity contribution in [3.8, 4) is 0 Å². The number of esters is 1. The van der Waals surface area contributed by atoms with Crippen LogP contribution in [0.1, 0.15) is 48.3 Å². The average Bonchev–Trinajstić information content (AvgIpc) is 3.45. The highest BCUT2D eigenvalue weighted by molar-refractivity contribution is 6.02. The molecule has 3 aromatic carbocycles. The topological polar surface area (TPSA) is 88.1 Å². The van der Waals surface area contributed by atoms with E-state index in [4.69, 9.17) is 4.74 Å². The van der Waals surface area contributed by atoms with Crippen LogP contribution in [0, 0.1) is 0 Å². The molecule has 0 atom stereocenters. The van der Waals surface area contributed by atoms with Crippen molar-refractivity contribution in [3.05, 3.63) is 108 Å². The third-order valence-electron chi connectivity index (χ3n) is 6.26. The number of hydrogen-bond acceptors (Lipinski definition) is 5. The molecule has 0 saturated carbocycles. The smallest absolute Gasteiger partial charge is 0.306 e. The van der Waals surface area contributed by atoms with Gasteiger partial charge in [0.1, 0.15) is 0 Å². The summed E-state index contributed by atoms with van der Waals surface area (Å²) in [6.07, 6.45) is 1.28. The van der Waals surface area contributed by atoms with Crippen LogP contribution in [0.15, 0.2) is 96.1 Å². The van der Waals surface area contributed by atoms with Gasteiger partial charge in [-0.15, -0.1) is 0 Å². The van der Waals surface area contributed by atoms with Crippen molar-refractivity contribution < 1.29 is 19.1 Å². The summed E-state index contributed by atoms with van der Waals surface area (Å²) in [5, 5.41) is 8.62. The summed E-state index contributed by atoms with van der Waals surface area (Å²) >= 11 is 0. The zero-order chi connectivity index (χ0) is 25.9. The SMILES string of the molecule is O=C(COC(=O)CCC(=O)N1CCC(c2ccccc2)=N1)NCCC(c1ccccc1)c1ccccc1. The van der Waals surface area contributed by atoms with Gasteiger partial charge in [0.2, 0.25) is 5.91 Å². The van der Waals surface area contributed by atoms with Crippen molar-refractivity contribution in [2.75, 3.05) is 19.7 Å². The van der Waals surface area contributed by atoms with E-state index in [9.17, 15) is 14.4 Å². The van der Waals surface area contributed by atoms with Crippen molar-refractivity contribution in [1.29, 1.82) is 0 Å². The van der Waals surface area contributed by atoms with Crippen molar-refractivity contribution in [3.63, 3.8) is 0 Å². The Hall–Kier alpha value is -4.26. The first-order valence-corrected chi connectivity index (χ1v) is 12.6. The van der Waals surface area contributed by atoms with Crippen molar-refractivity contribution in [2.24, 2.45) is 5.10 Å². The molecule has 7 heteroatoms. The first kappa shape index (κ1) is 25.8. The highest BCUT2D eigenvalue weighted by Gasteiger charge is 2.22.